The molecular weight excluding hydrogens is 373 g/mol. The van der Waals surface area contributed by atoms with Gasteiger partial charge in [-0.2, -0.15) is 0 Å². The molecule has 0 bridgehead atoms. The van der Waals surface area contributed by atoms with Crippen LogP contribution in [0.25, 0.3) is 10.9 Å². The minimum Gasteiger partial charge on any atom is -0.497 e. The first kappa shape index (κ1) is 16.9. The van der Waals surface area contributed by atoms with Crippen LogP contribution in [-0.2, 0) is 4.79 Å². The van der Waals surface area contributed by atoms with Gasteiger partial charge in [0.25, 0.3) is 5.91 Å². The summed E-state index contributed by atoms with van der Waals surface area (Å²) in [5, 5.41) is 2.41. The molecule has 1 N–H and O–H groups in total. The molecule has 26 heavy (non-hydrogen) atoms. The van der Waals surface area contributed by atoms with E-state index in [0.717, 1.165) is 27.9 Å². The Kier molecular flexibility index (Phi) is 4.34. The van der Waals surface area contributed by atoms with Crippen LogP contribution in [0, 0.1) is 0 Å². The minimum absolute atomic E-state index is 0.175. The maximum atomic E-state index is 12.3. The molecular formula is C19H15Cl2N3O2. The van der Waals surface area contributed by atoms with E-state index in [9.17, 15) is 4.79 Å². The Bertz CT molecular complexity index is 978. The zero-order valence-corrected chi connectivity index (χ0v) is 15.3. The number of nitrogens with one attached hydrogen (secondary N) is 1. The number of amides is 1. The fourth-order valence-corrected chi connectivity index (χ4v) is 3.58. The van der Waals surface area contributed by atoms with Crippen LogP contribution in [0.1, 0.15) is 11.6 Å². The number of carbonyl (C=O) groups excluding carboxylic acids is 1. The highest BCUT2D eigenvalue weighted by atomic mass is 35.5. The maximum Gasteiger partial charge on any atom is 0.262 e. The molecule has 3 aromatic rings. The van der Waals surface area contributed by atoms with Crippen molar-refractivity contribution in [3.63, 3.8) is 0 Å². The van der Waals surface area contributed by atoms with Crippen LogP contribution < -0.4 is 10.2 Å². The molecule has 5 nitrogen and oxygen atoms in total. The summed E-state index contributed by atoms with van der Waals surface area (Å²) in [5.74, 6) is 0.577. The lowest BCUT2D eigenvalue weighted by atomic mass is 9.95. The molecule has 0 spiro atoms. The van der Waals surface area contributed by atoms with Gasteiger partial charge in [0.1, 0.15) is 17.2 Å². The molecule has 132 valence electrons. The number of alkyl halides is 1. The summed E-state index contributed by atoms with van der Waals surface area (Å²) in [4.78, 5) is 16.6. The Labute approximate surface area is 160 Å². The molecule has 2 aromatic carbocycles. The summed E-state index contributed by atoms with van der Waals surface area (Å²) in [5.41, 5.74) is 5.63. The van der Waals surface area contributed by atoms with Gasteiger partial charge < -0.3 is 4.74 Å². The standard InChI is InChI=1S/C19H15Cl2N3O2/c1-26-13-5-2-11(3-6-13)18-17(21)19(25)24(18)23-15-8-9-22-16-10-12(20)4-7-14(15)16/h2-10,17-18H,1H3,(H,22,23). The second kappa shape index (κ2) is 6.67. The summed E-state index contributed by atoms with van der Waals surface area (Å²) in [6, 6.07) is 14.5. The number of halogens is 2. The number of benzene rings is 2. The van der Waals surface area contributed by atoms with Crippen LogP contribution in [-0.4, -0.2) is 28.4 Å². The van der Waals surface area contributed by atoms with E-state index in [-0.39, 0.29) is 11.9 Å². The largest absolute Gasteiger partial charge is 0.497 e. The highest BCUT2D eigenvalue weighted by Gasteiger charge is 2.47. The number of nitrogens with zero attached hydrogens (tertiary/aromatic N) is 2. The van der Waals surface area contributed by atoms with Crippen LogP contribution in [0.2, 0.25) is 5.02 Å². The zero-order chi connectivity index (χ0) is 18.3. The van der Waals surface area contributed by atoms with Crippen molar-refractivity contribution >= 4 is 45.7 Å². The number of hydrazine groups is 1. The lowest BCUT2D eigenvalue weighted by Crippen LogP contribution is -2.58. The van der Waals surface area contributed by atoms with E-state index < -0.39 is 5.38 Å². The van der Waals surface area contributed by atoms with Crippen LogP contribution in [0.15, 0.2) is 54.7 Å². The monoisotopic (exact) mass is 387 g/mol. The topological polar surface area (TPSA) is 54.5 Å². The third kappa shape index (κ3) is 2.83. The molecule has 0 saturated carbocycles. The predicted octanol–water partition coefficient (Wildman–Crippen LogP) is 4.41. The highest BCUT2D eigenvalue weighted by molar-refractivity contribution is 6.34. The van der Waals surface area contributed by atoms with E-state index in [1.807, 2.05) is 36.4 Å². The van der Waals surface area contributed by atoms with E-state index in [1.54, 1.807) is 30.4 Å². The fourth-order valence-electron chi connectivity index (χ4n) is 3.05. The van der Waals surface area contributed by atoms with Crippen molar-refractivity contribution in [2.75, 3.05) is 12.5 Å². The van der Waals surface area contributed by atoms with Gasteiger partial charge in [-0.1, -0.05) is 23.7 Å². The SMILES string of the molecule is COc1ccc(C2C(Cl)C(=O)N2Nc2ccnc3cc(Cl)ccc23)cc1. The zero-order valence-electron chi connectivity index (χ0n) is 13.8. The summed E-state index contributed by atoms with van der Waals surface area (Å²) < 4.78 is 5.18. The second-order valence-electron chi connectivity index (χ2n) is 5.96. The first-order valence-corrected chi connectivity index (χ1v) is 8.82. The molecule has 0 aliphatic carbocycles. The van der Waals surface area contributed by atoms with Crippen molar-refractivity contribution in [2.45, 2.75) is 11.4 Å². The number of pyridine rings is 1. The van der Waals surface area contributed by atoms with Crippen LogP contribution in [0.4, 0.5) is 5.69 Å². The van der Waals surface area contributed by atoms with Crippen LogP contribution in [0.3, 0.4) is 0 Å². The third-order valence-corrected chi connectivity index (χ3v) is 5.09. The number of ether oxygens (including phenoxy) is 1. The first-order chi connectivity index (χ1) is 12.6. The average molecular weight is 388 g/mol. The van der Waals surface area contributed by atoms with Gasteiger partial charge in [0, 0.05) is 16.6 Å². The highest BCUT2D eigenvalue weighted by Crippen LogP contribution is 2.39. The lowest BCUT2D eigenvalue weighted by molar-refractivity contribution is -0.143. The fraction of sp³-hybridized carbons (Fsp3) is 0.158. The smallest absolute Gasteiger partial charge is 0.262 e. The predicted molar refractivity (Wildman–Crippen MR) is 103 cm³/mol. The molecule has 0 radical (unpaired) electrons. The van der Waals surface area contributed by atoms with Crippen molar-refractivity contribution in [3.05, 3.63) is 65.3 Å². The number of methoxy groups -OCH3 is 1. The van der Waals surface area contributed by atoms with Gasteiger partial charge in [-0.25, -0.2) is 5.01 Å². The molecule has 1 aliphatic rings. The second-order valence-corrected chi connectivity index (χ2v) is 6.87. The quantitative estimate of drug-likeness (QED) is 0.531. The van der Waals surface area contributed by atoms with Crippen molar-refractivity contribution in [1.29, 1.82) is 0 Å². The van der Waals surface area contributed by atoms with E-state index >= 15 is 0 Å². The minimum atomic E-state index is -0.613. The van der Waals surface area contributed by atoms with Gasteiger partial charge in [-0.15, -0.1) is 11.6 Å². The van der Waals surface area contributed by atoms with Crippen molar-refractivity contribution < 1.29 is 9.53 Å². The molecule has 2 atom stereocenters. The lowest BCUT2D eigenvalue weighted by Gasteiger charge is -2.44. The number of β-lactam (4-membered cyclic amide) rings is 1. The van der Waals surface area contributed by atoms with Crippen LogP contribution in [0.5, 0.6) is 5.75 Å². The van der Waals surface area contributed by atoms with Gasteiger partial charge in [0.2, 0.25) is 0 Å². The average Bonchev–Trinajstić information content (AvgIpc) is 2.67. The number of rotatable bonds is 4. The number of hydrogen-bond acceptors (Lipinski definition) is 4. The summed E-state index contributed by atoms with van der Waals surface area (Å²) in [6.07, 6.45) is 1.67. The molecule has 2 heterocycles. The van der Waals surface area contributed by atoms with Gasteiger partial charge >= 0.3 is 0 Å². The maximum absolute atomic E-state index is 12.3. The molecule has 1 fully saturated rings. The van der Waals surface area contributed by atoms with Crippen LogP contribution >= 0.6 is 23.2 Å². The normalized spacial score (nSPS) is 19.3. The van der Waals surface area contributed by atoms with Crippen molar-refractivity contribution in [3.8, 4) is 5.75 Å². The summed E-state index contributed by atoms with van der Waals surface area (Å²) in [7, 11) is 1.61. The Hall–Kier alpha value is -2.50. The Balaban J connectivity index is 1.65. The molecule has 2 unspecified atom stereocenters. The van der Waals surface area contributed by atoms with Crippen molar-refractivity contribution in [2.24, 2.45) is 0 Å². The third-order valence-electron chi connectivity index (χ3n) is 4.43. The summed E-state index contributed by atoms with van der Waals surface area (Å²) >= 11 is 12.3. The van der Waals surface area contributed by atoms with E-state index in [1.165, 1.54) is 0 Å². The summed E-state index contributed by atoms with van der Waals surface area (Å²) in [6.45, 7) is 0. The first-order valence-electron chi connectivity index (χ1n) is 8.00. The van der Waals surface area contributed by atoms with Gasteiger partial charge in [0.15, 0.2) is 0 Å². The Morgan fingerprint density at radius 1 is 1.15 bits per heavy atom. The molecule has 1 aliphatic heterocycles. The number of fused-ring (bicyclic) bond motifs is 1. The number of hydrogen-bond donors (Lipinski definition) is 1. The number of carbonyl (C=O) groups is 1. The molecule has 7 heteroatoms. The number of anilines is 1. The van der Waals surface area contributed by atoms with Gasteiger partial charge in [0.05, 0.1) is 18.3 Å². The molecule has 1 amide bonds. The Morgan fingerprint density at radius 3 is 2.65 bits per heavy atom. The molecule has 4 rings (SSSR count). The number of aromatic nitrogens is 1. The van der Waals surface area contributed by atoms with Crippen molar-refractivity contribution in [1.82, 2.24) is 9.99 Å². The van der Waals surface area contributed by atoms with Gasteiger partial charge in [-0.3, -0.25) is 15.2 Å². The van der Waals surface area contributed by atoms with E-state index in [4.69, 9.17) is 27.9 Å². The Morgan fingerprint density at radius 2 is 1.92 bits per heavy atom. The van der Waals surface area contributed by atoms with E-state index in [0.29, 0.717) is 5.02 Å². The molecule has 1 saturated heterocycles. The van der Waals surface area contributed by atoms with E-state index in [2.05, 4.69) is 10.4 Å². The molecule has 1 aromatic heterocycles. The van der Waals surface area contributed by atoms with Gasteiger partial charge in [-0.05, 0) is 42.0 Å².